The third-order valence-corrected chi connectivity index (χ3v) is 4.54. The van der Waals surface area contributed by atoms with E-state index in [1.807, 2.05) is 18.2 Å². The van der Waals surface area contributed by atoms with Crippen molar-refractivity contribution >= 4 is 5.97 Å². The maximum atomic E-state index is 10.9. The van der Waals surface area contributed by atoms with Crippen molar-refractivity contribution in [2.45, 2.75) is 19.0 Å². The average Bonchev–Trinajstić information content (AvgIpc) is 2.41. The number of carboxylic acid groups (broad SMARTS) is 1. The molecule has 2 aliphatic rings. The van der Waals surface area contributed by atoms with Gasteiger partial charge in [-0.25, -0.2) is 0 Å². The van der Waals surface area contributed by atoms with Gasteiger partial charge in [-0.15, -0.1) is 0 Å². The molecule has 1 aromatic rings. The van der Waals surface area contributed by atoms with Gasteiger partial charge >= 0.3 is 5.97 Å². The minimum atomic E-state index is -0.759. The number of aliphatic carboxylic acids is 1. The van der Waals surface area contributed by atoms with Crippen molar-refractivity contribution in [3.8, 4) is 0 Å². The van der Waals surface area contributed by atoms with E-state index in [9.17, 15) is 4.79 Å². The summed E-state index contributed by atoms with van der Waals surface area (Å²) in [6.45, 7) is 7.49. The number of nitrogens with one attached hydrogen (secondary N) is 1. The number of hydrogen-bond donors (Lipinski definition) is 2. The second-order valence-corrected chi connectivity index (χ2v) is 5.96. The van der Waals surface area contributed by atoms with E-state index in [0.717, 1.165) is 63.0 Å². The Morgan fingerprint density at radius 2 is 1.81 bits per heavy atom. The van der Waals surface area contributed by atoms with Crippen molar-refractivity contribution in [2.24, 2.45) is 0 Å². The molecule has 0 aromatic heterocycles. The van der Waals surface area contributed by atoms with E-state index < -0.39 is 5.97 Å². The van der Waals surface area contributed by atoms with Crippen LogP contribution in [-0.4, -0.2) is 66.2 Å². The first-order chi connectivity index (χ1) is 10.2. The molecule has 0 amide bonds. The Kier molecular flexibility index (Phi) is 4.53. The molecule has 5 heteroatoms. The quantitative estimate of drug-likeness (QED) is 0.822. The number of carboxylic acids is 1. The van der Waals surface area contributed by atoms with Crippen LogP contribution in [0, 0.1) is 0 Å². The third-order valence-electron chi connectivity index (χ3n) is 4.54. The van der Waals surface area contributed by atoms with Crippen LogP contribution >= 0.6 is 0 Å². The molecule has 2 fully saturated rings. The standard InChI is InChI=1S/C16H23N3O2/c20-16(21)9-13-3-1-2-4-14(13)12-18-5-7-19(8-6-18)15-10-17-11-15/h1-4,15,17H,5-12H2,(H,20,21). The fourth-order valence-corrected chi connectivity index (χ4v) is 3.11. The van der Waals surface area contributed by atoms with Crippen LogP contribution in [0.1, 0.15) is 11.1 Å². The lowest BCUT2D eigenvalue weighted by Gasteiger charge is -2.43. The predicted octanol–water partition coefficient (Wildman–Crippen LogP) is 0.403. The highest BCUT2D eigenvalue weighted by atomic mass is 16.4. The predicted molar refractivity (Wildman–Crippen MR) is 81.3 cm³/mol. The van der Waals surface area contributed by atoms with Crippen molar-refractivity contribution in [1.29, 1.82) is 0 Å². The summed E-state index contributed by atoms with van der Waals surface area (Å²) in [5, 5.41) is 12.3. The summed E-state index contributed by atoms with van der Waals surface area (Å²) < 4.78 is 0. The zero-order chi connectivity index (χ0) is 14.7. The van der Waals surface area contributed by atoms with Crippen LogP contribution in [0.5, 0.6) is 0 Å². The molecule has 21 heavy (non-hydrogen) atoms. The van der Waals surface area contributed by atoms with Crippen LogP contribution in [0.4, 0.5) is 0 Å². The molecule has 2 aliphatic heterocycles. The number of nitrogens with zero attached hydrogens (tertiary/aromatic N) is 2. The zero-order valence-corrected chi connectivity index (χ0v) is 12.3. The van der Waals surface area contributed by atoms with Crippen LogP contribution < -0.4 is 5.32 Å². The SMILES string of the molecule is O=C(O)Cc1ccccc1CN1CCN(C2CNC2)CC1. The van der Waals surface area contributed by atoms with E-state index in [1.54, 1.807) is 0 Å². The Bertz CT molecular complexity index is 494. The second kappa shape index (κ2) is 6.56. The number of rotatable bonds is 5. The minimum Gasteiger partial charge on any atom is -0.481 e. The summed E-state index contributed by atoms with van der Waals surface area (Å²) in [5.74, 6) is -0.759. The molecule has 0 atom stereocenters. The summed E-state index contributed by atoms with van der Waals surface area (Å²) in [7, 11) is 0. The topological polar surface area (TPSA) is 55.8 Å². The maximum Gasteiger partial charge on any atom is 0.307 e. The number of piperazine rings is 1. The van der Waals surface area contributed by atoms with Crippen LogP contribution in [0.25, 0.3) is 0 Å². The second-order valence-electron chi connectivity index (χ2n) is 5.96. The van der Waals surface area contributed by atoms with E-state index in [2.05, 4.69) is 21.2 Å². The molecule has 2 N–H and O–H groups in total. The normalized spacial score (nSPS) is 21.1. The van der Waals surface area contributed by atoms with Gasteiger partial charge in [-0.2, -0.15) is 0 Å². The highest BCUT2D eigenvalue weighted by Crippen LogP contribution is 2.16. The van der Waals surface area contributed by atoms with Crippen molar-refractivity contribution in [1.82, 2.24) is 15.1 Å². The van der Waals surface area contributed by atoms with Crippen LogP contribution in [0.15, 0.2) is 24.3 Å². The van der Waals surface area contributed by atoms with E-state index in [4.69, 9.17) is 5.11 Å². The van der Waals surface area contributed by atoms with Gasteiger partial charge in [0.1, 0.15) is 0 Å². The van der Waals surface area contributed by atoms with Crippen LogP contribution in [0.3, 0.4) is 0 Å². The summed E-state index contributed by atoms with van der Waals surface area (Å²) in [6, 6.07) is 8.63. The van der Waals surface area contributed by atoms with E-state index in [-0.39, 0.29) is 6.42 Å². The fraction of sp³-hybridized carbons (Fsp3) is 0.562. The Balaban J connectivity index is 1.56. The summed E-state index contributed by atoms with van der Waals surface area (Å²) in [4.78, 5) is 15.9. The highest BCUT2D eigenvalue weighted by molar-refractivity contribution is 5.70. The van der Waals surface area contributed by atoms with Gasteiger partial charge in [-0.1, -0.05) is 24.3 Å². The molecule has 0 radical (unpaired) electrons. The Hall–Kier alpha value is -1.43. The first-order valence-electron chi connectivity index (χ1n) is 7.68. The number of benzene rings is 1. The Labute approximate surface area is 125 Å². The van der Waals surface area contributed by atoms with Crippen LogP contribution in [-0.2, 0) is 17.8 Å². The smallest absolute Gasteiger partial charge is 0.307 e. The lowest BCUT2D eigenvalue weighted by molar-refractivity contribution is -0.136. The molecular weight excluding hydrogens is 266 g/mol. The van der Waals surface area contributed by atoms with Gasteiger partial charge in [0.25, 0.3) is 0 Å². The summed E-state index contributed by atoms with van der Waals surface area (Å²) >= 11 is 0. The fourth-order valence-electron chi connectivity index (χ4n) is 3.11. The highest BCUT2D eigenvalue weighted by Gasteiger charge is 2.27. The maximum absolute atomic E-state index is 10.9. The summed E-state index contributed by atoms with van der Waals surface area (Å²) in [5.41, 5.74) is 2.09. The van der Waals surface area contributed by atoms with Gasteiger partial charge in [-0.3, -0.25) is 14.6 Å². The lowest BCUT2D eigenvalue weighted by Crippen LogP contribution is -2.61. The first-order valence-corrected chi connectivity index (χ1v) is 7.68. The molecule has 2 saturated heterocycles. The van der Waals surface area contributed by atoms with Gasteiger partial charge in [0.2, 0.25) is 0 Å². The molecule has 0 bridgehead atoms. The molecule has 0 spiro atoms. The largest absolute Gasteiger partial charge is 0.481 e. The molecule has 0 aliphatic carbocycles. The molecular formula is C16H23N3O2. The average molecular weight is 289 g/mol. The molecule has 3 rings (SSSR count). The third kappa shape index (κ3) is 3.61. The van der Waals surface area contributed by atoms with Crippen molar-refractivity contribution < 1.29 is 9.90 Å². The van der Waals surface area contributed by atoms with Crippen molar-refractivity contribution in [2.75, 3.05) is 39.3 Å². The summed E-state index contributed by atoms with van der Waals surface area (Å²) in [6.07, 6.45) is 0.115. The first kappa shape index (κ1) is 14.5. The monoisotopic (exact) mass is 289 g/mol. The van der Waals surface area contributed by atoms with Gasteiger partial charge in [0.05, 0.1) is 6.42 Å². The molecule has 0 unspecified atom stereocenters. The number of carbonyl (C=O) groups is 1. The molecule has 0 saturated carbocycles. The van der Waals surface area contributed by atoms with Crippen LogP contribution in [0.2, 0.25) is 0 Å². The molecule has 2 heterocycles. The molecule has 5 nitrogen and oxygen atoms in total. The van der Waals surface area contributed by atoms with Gasteiger partial charge in [0.15, 0.2) is 0 Å². The zero-order valence-electron chi connectivity index (χ0n) is 12.3. The van der Waals surface area contributed by atoms with E-state index >= 15 is 0 Å². The Morgan fingerprint density at radius 3 is 2.38 bits per heavy atom. The van der Waals surface area contributed by atoms with Gasteiger partial charge < -0.3 is 10.4 Å². The van der Waals surface area contributed by atoms with Gasteiger partial charge in [0, 0.05) is 51.9 Å². The Morgan fingerprint density at radius 1 is 1.14 bits per heavy atom. The minimum absolute atomic E-state index is 0.115. The van der Waals surface area contributed by atoms with Crippen molar-refractivity contribution in [3.05, 3.63) is 35.4 Å². The van der Waals surface area contributed by atoms with Crippen molar-refractivity contribution in [3.63, 3.8) is 0 Å². The molecule has 114 valence electrons. The number of hydrogen-bond acceptors (Lipinski definition) is 4. The lowest BCUT2D eigenvalue weighted by atomic mass is 10.0. The van der Waals surface area contributed by atoms with E-state index in [0.29, 0.717) is 0 Å². The molecule has 1 aromatic carbocycles. The van der Waals surface area contributed by atoms with E-state index in [1.165, 1.54) is 0 Å². The van der Waals surface area contributed by atoms with Gasteiger partial charge in [-0.05, 0) is 11.1 Å².